The molecule has 5 nitrogen and oxygen atoms in total. The number of rotatable bonds is 3. The Morgan fingerprint density at radius 1 is 1.44 bits per heavy atom. The summed E-state index contributed by atoms with van der Waals surface area (Å²) in [6, 6.07) is 8.82. The lowest BCUT2D eigenvalue weighted by Crippen LogP contribution is -2.38. The van der Waals surface area contributed by atoms with Gasteiger partial charge in [-0.2, -0.15) is 0 Å². The van der Waals surface area contributed by atoms with E-state index in [4.69, 9.17) is 0 Å². The van der Waals surface area contributed by atoms with Crippen LogP contribution < -0.4 is 0 Å². The molecule has 0 aromatic heterocycles. The fourth-order valence-electron chi connectivity index (χ4n) is 2.03. The topological polar surface area (TPSA) is 66.6 Å². The predicted molar refractivity (Wildman–Crippen MR) is 58.3 cm³/mol. The van der Waals surface area contributed by atoms with Gasteiger partial charge in [-0.3, -0.25) is 15.0 Å². The molecule has 5 heteroatoms. The largest absolute Gasteiger partial charge is 0.372 e. The molecule has 2 atom stereocenters. The maximum Gasteiger partial charge on any atom is 0.253 e. The van der Waals surface area contributed by atoms with Crippen molar-refractivity contribution in [3.8, 4) is 0 Å². The SMILES string of the molecule is O=[N+]([O-])[C@H]1CCN(Cc2ccccc2)[C@H]1O. The van der Waals surface area contributed by atoms with Gasteiger partial charge < -0.3 is 5.11 Å². The molecule has 0 spiro atoms. The van der Waals surface area contributed by atoms with Gasteiger partial charge in [0.05, 0.1) is 0 Å². The first-order valence-electron chi connectivity index (χ1n) is 5.28. The van der Waals surface area contributed by atoms with E-state index in [1.165, 1.54) is 0 Å². The van der Waals surface area contributed by atoms with Gasteiger partial charge in [0, 0.05) is 24.4 Å². The highest BCUT2D eigenvalue weighted by Crippen LogP contribution is 2.20. The van der Waals surface area contributed by atoms with Crippen molar-refractivity contribution in [2.75, 3.05) is 6.54 Å². The number of hydrogen-bond acceptors (Lipinski definition) is 4. The molecule has 1 aliphatic rings. The highest BCUT2D eigenvalue weighted by molar-refractivity contribution is 5.14. The Morgan fingerprint density at radius 2 is 2.12 bits per heavy atom. The Balaban J connectivity index is 2.00. The summed E-state index contributed by atoms with van der Waals surface area (Å²) in [5.74, 6) is 0. The van der Waals surface area contributed by atoms with Gasteiger partial charge in [-0.05, 0) is 5.56 Å². The monoisotopic (exact) mass is 222 g/mol. The van der Waals surface area contributed by atoms with E-state index >= 15 is 0 Å². The van der Waals surface area contributed by atoms with Crippen molar-refractivity contribution in [3.05, 3.63) is 46.0 Å². The summed E-state index contributed by atoms with van der Waals surface area (Å²) in [4.78, 5) is 12.0. The highest BCUT2D eigenvalue weighted by Gasteiger charge is 2.40. The van der Waals surface area contributed by atoms with Crippen LogP contribution in [-0.2, 0) is 6.54 Å². The number of nitro groups is 1. The number of likely N-dealkylation sites (tertiary alicyclic amines) is 1. The van der Waals surface area contributed by atoms with Crippen molar-refractivity contribution in [1.29, 1.82) is 0 Å². The van der Waals surface area contributed by atoms with Crippen LogP contribution in [0.25, 0.3) is 0 Å². The van der Waals surface area contributed by atoms with E-state index in [0.717, 1.165) is 5.56 Å². The Kier molecular flexibility index (Phi) is 3.17. The molecule has 0 aliphatic carbocycles. The van der Waals surface area contributed by atoms with Gasteiger partial charge in [0.25, 0.3) is 6.04 Å². The van der Waals surface area contributed by atoms with Crippen molar-refractivity contribution in [2.24, 2.45) is 0 Å². The quantitative estimate of drug-likeness (QED) is 0.608. The van der Waals surface area contributed by atoms with E-state index in [1.54, 1.807) is 4.90 Å². The average molecular weight is 222 g/mol. The minimum atomic E-state index is -0.963. The number of aliphatic hydroxyl groups is 1. The van der Waals surface area contributed by atoms with E-state index in [2.05, 4.69) is 0 Å². The number of aliphatic hydroxyl groups excluding tert-OH is 1. The van der Waals surface area contributed by atoms with Gasteiger partial charge in [-0.25, -0.2) is 0 Å². The van der Waals surface area contributed by atoms with Crippen LogP contribution in [0.2, 0.25) is 0 Å². The smallest absolute Gasteiger partial charge is 0.253 e. The minimum Gasteiger partial charge on any atom is -0.372 e. The Labute approximate surface area is 93.5 Å². The molecule has 0 unspecified atom stereocenters. The molecule has 1 aliphatic heterocycles. The van der Waals surface area contributed by atoms with Gasteiger partial charge in [-0.15, -0.1) is 0 Å². The van der Waals surface area contributed by atoms with Crippen molar-refractivity contribution in [3.63, 3.8) is 0 Å². The standard InChI is InChI=1S/C11H14N2O3/c14-11-10(13(15)16)6-7-12(11)8-9-4-2-1-3-5-9/h1-5,10-11,14H,6-8H2/t10-,11-/m0/s1. The van der Waals surface area contributed by atoms with Crippen LogP contribution >= 0.6 is 0 Å². The van der Waals surface area contributed by atoms with Gasteiger partial charge in [0.1, 0.15) is 0 Å². The molecule has 1 fully saturated rings. The second kappa shape index (κ2) is 4.59. The molecule has 0 radical (unpaired) electrons. The van der Waals surface area contributed by atoms with Crippen LogP contribution in [0.5, 0.6) is 0 Å². The molecular formula is C11H14N2O3. The third kappa shape index (κ3) is 2.20. The van der Waals surface area contributed by atoms with Crippen molar-refractivity contribution < 1.29 is 10.0 Å². The molecular weight excluding hydrogens is 208 g/mol. The second-order valence-electron chi connectivity index (χ2n) is 4.01. The first-order valence-corrected chi connectivity index (χ1v) is 5.28. The summed E-state index contributed by atoms with van der Waals surface area (Å²) in [6.07, 6.45) is -0.545. The van der Waals surface area contributed by atoms with Crippen LogP contribution in [0.3, 0.4) is 0 Å². The summed E-state index contributed by atoms with van der Waals surface area (Å²) in [5.41, 5.74) is 1.06. The fourth-order valence-corrected chi connectivity index (χ4v) is 2.03. The predicted octanol–water partition coefficient (Wildman–Crippen LogP) is 0.856. The van der Waals surface area contributed by atoms with Crippen molar-refractivity contribution >= 4 is 0 Å². The summed E-state index contributed by atoms with van der Waals surface area (Å²) in [5, 5.41) is 20.4. The maximum atomic E-state index is 10.6. The molecule has 0 amide bonds. The lowest BCUT2D eigenvalue weighted by atomic mass is 10.2. The first-order chi connectivity index (χ1) is 7.68. The van der Waals surface area contributed by atoms with Gasteiger partial charge >= 0.3 is 0 Å². The lowest BCUT2D eigenvalue weighted by Gasteiger charge is -2.19. The third-order valence-electron chi connectivity index (χ3n) is 2.93. The van der Waals surface area contributed by atoms with Gasteiger partial charge in [0.15, 0.2) is 6.23 Å². The van der Waals surface area contributed by atoms with E-state index in [1.807, 2.05) is 30.3 Å². The molecule has 0 saturated carbocycles. The van der Waals surface area contributed by atoms with E-state index in [9.17, 15) is 15.2 Å². The summed E-state index contributed by atoms with van der Waals surface area (Å²) in [7, 11) is 0. The summed E-state index contributed by atoms with van der Waals surface area (Å²) in [6.45, 7) is 1.13. The maximum absolute atomic E-state index is 10.6. The molecule has 1 aromatic carbocycles. The van der Waals surface area contributed by atoms with Crippen LogP contribution in [0, 0.1) is 10.1 Å². The zero-order valence-electron chi connectivity index (χ0n) is 8.82. The lowest BCUT2D eigenvalue weighted by molar-refractivity contribution is -0.533. The normalized spacial score (nSPS) is 25.8. The van der Waals surface area contributed by atoms with Crippen LogP contribution in [-0.4, -0.2) is 33.7 Å². The summed E-state index contributed by atoms with van der Waals surface area (Å²) >= 11 is 0. The van der Waals surface area contributed by atoms with E-state index in [-0.39, 0.29) is 0 Å². The molecule has 0 bridgehead atoms. The zero-order valence-corrected chi connectivity index (χ0v) is 8.82. The highest BCUT2D eigenvalue weighted by atomic mass is 16.6. The van der Waals surface area contributed by atoms with Gasteiger partial charge in [0.2, 0.25) is 0 Å². The van der Waals surface area contributed by atoms with E-state index in [0.29, 0.717) is 19.5 Å². The van der Waals surface area contributed by atoms with E-state index < -0.39 is 17.2 Å². The zero-order chi connectivity index (χ0) is 11.5. The first kappa shape index (κ1) is 11.0. The number of benzene rings is 1. The van der Waals surface area contributed by atoms with Gasteiger partial charge in [-0.1, -0.05) is 30.3 Å². The molecule has 1 heterocycles. The Bertz CT molecular complexity index is 369. The second-order valence-corrected chi connectivity index (χ2v) is 4.01. The van der Waals surface area contributed by atoms with Crippen LogP contribution in [0.1, 0.15) is 12.0 Å². The third-order valence-corrected chi connectivity index (χ3v) is 2.93. The molecule has 16 heavy (non-hydrogen) atoms. The van der Waals surface area contributed by atoms with Crippen LogP contribution in [0.4, 0.5) is 0 Å². The molecule has 2 rings (SSSR count). The minimum absolute atomic E-state index is 0.393. The average Bonchev–Trinajstić information content (AvgIpc) is 2.62. The van der Waals surface area contributed by atoms with Crippen LogP contribution in [0.15, 0.2) is 30.3 Å². The fraction of sp³-hybridized carbons (Fsp3) is 0.455. The molecule has 1 N–H and O–H groups in total. The number of nitrogens with zero attached hydrogens (tertiary/aromatic N) is 2. The number of hydrogen-bond donors (Lipinski definition) is 1. The Hall–Kier alpha value is -1.46. The van der Waals surface area contributed by atoms with Crippen molar-refractivity contribution in [1.82, 2.24) is 4.90 Å². The molecule has 1 aromatic rings. The molecule has 86 valence electrons. The summed E-state index contributed by atoms with van der Waals surface area (Å²) < 4.78 is 0. The Morgan fingerprint density at radius 3 is 2.69 bits per heavy atom. The van der Waals surface area contributed by atoms with Crippen molar-refractivity contribution in [2.45, 2.75) is 25.2 Å². The molecule has 1 saturated heterocycles.